The van der Waals surface area contributed by atoms with Crippen molar-refractivity contribution in [1.29, 1.82) is 0 Å². The van der Waals surface area contributed by atoms with Crippen molar-refractivity contribution in [2.24, 2.45) is 0 Å². The first-order valence-electron chi connectivity index (χ1n) is 7.30. The predicted molar refractivity (Wildman–Crippen MR) is 96.2 cm³/mol. The summed E-state index contributed by atoms with van der Waals surface area (Å²) in [6, 6.07) is 16.3. The van der Waals surface area contributed by atoms with Crippen LogP contribution in [-0.2, 0) is 0 Å². The lowest BCUT2D eigenvalue weighted by atomic mass is 10.1. The summed E-state index contributed by atoms with van der Waals surface area (Å²) < 4.78 is 0. The molecule has 0 aliphatic heterocycles. The zero-order valence-electron chi connectivity index (χ0n) is 13.1. The standard InChI is InChI=1S/C18H18N4S/c1-12-8-13(2)10-14(9-12)22-17-16(19)18(21-11-20-17)23-15-6-4-3-5-7-15/h3-11H,19H2,1-2H3,(H,20,21,22). The molecule has 5 heteroatoms. The second-order valence-corrected chi connectivity index (χ2v) is 6.42. The predicted octanol–water partition coefficient (Wildman–Crippen LogP) is 4.57. The van der Waals surface area contributed by atoms with Crippen molar-refractivity contribution in [2.75, 3.05) is 11.1 Å². The Morgan fingerprint density at radius 3 is 2.35 bits per heavy atom. The second-order valence-electron chi connectivity index (χ2n) is 5.36. The fraction of sp³-hybridized carbons (Fsp3) is 0.111. The Hall–Kier alpha value is -2.53. The van der Waals surface area contributed by atoms with Crippen molar-refractivity contribution in [3.63, 3.8) is 0 Å². The summed E-state index contributed by atoms with van der Waals surface area (Å²) >= 11 is 1.53. The molecule has 4 nitrogen and oxygen atoms in total. The van der Waals surface area contributed by atoms with Crippen LogP contribution in [0.3, 0.4) is 0 Å². The van der Waals surface area contributed by atoms with Crippen LogP contribution in [-0.4, -0.2) is 9.97 Å². The molecule has 0 aliphatic carbocycles. The molecule has 0 amide bonds. The third-order valence-corrected chi connectivity index (χ3v) is 4.32. The molecular formula is C18H18N4S. The van der Waals surface area contributed by atoms with Gasteiger partial charge in [-0.1, -0.05) is 36.0 Å². The minimum absolute atomic E-state index is 0.556. The van der Waals surface area contributed by atoms with E-state index in [1.165, 1.54) is 29.2 Å². The Morgan fingerprint density at radius 1 is 0.957 bits per heavy atom. The Kier molecular flexibility index (Phi) is 4.48. The van der Waals surface area contributed by atoms with Gasteiger partial charge in [0.2, 0.25) is 0 Å². The highest BCUT2D eigenvalue weighted by atomic mass is 32.2. The topological polar surface area (TPSA) is 63.8 Å². The smallest absolute Gasteiger partial charge is 0.158 e. The molecule has 2 aromatic carbocycles. The van der Waals surface area contributed by atoms with Gasteiger partial charge in [0.05, 0.1) is 0 Å². The van der Waals surface area contributed by atoms with Crippen LogP contribution in [0.1, 0.15) is 11.1 Å². The number of hydrogen-bond donors (Lipinski definition) is 2. The highest BCUT2D eigenvalue weighted by molar-refractivity contribution is 7.99. The SMILES string of the molecule is Cc1cc(C)cc(Nc2ncnc(Sc3ccccc3)c2N)c1. The van der Waals surface area contributed by atoms with Gasteiger partial charge in [0.15, 0.2) is 5.82 Å². The first-order valence-corrected chi connectivity index (χ1v) is 8.12. The van der Waals surface area contributed by atoms with Crippen molar-refractivity contribution in [3.8, 4) is 0 Å². The summed E-state index contributed by atoms with van der Waals surface area (Å²) in [4.78, 5) is 9.67. The van der Waals surface area contributed by atoms with Gasteiger partial charge >= 0.3 is 0 Å². The van der Waals surface area contributed by atoms with Crippen LogP contribution >= 0.6 is 11.8 Å². The van der Waals surface area contributed by atoms with Gasteiger partial charge in [-0.05, 0) is 49.2 Å². The zero-order valence-corrected chi connectivity index (χ0v) is 13.9. The van der Waals surface area contributed by atoms with Crippen molar-refractivity contribution in [3.05, 3.63) is 66.0 Å². The number of nitrogens with two attached hydrogens (primary N) is 1. The second kappa shape index (κ2) is 6.71. The third-order valence-electron chi connectivity index (χ3n) is 3.29. The van der Waals surface area contributed by atoms with Gasteiger partial charge in [-0.25, -0.2) is 9.97 Å². The van der Waals surface area contributed by atoms with E-state index in [2.05, 4.69) is 47.3 Å². The van der Waals surface area contributed by atoms with E-state index in [-0.39, 0.29) is 0 Å². The van der Waals surface area contributed by atoms with E-state index in [1.54, 1.807) is 0 Å². The molecule has 1 aromatic heterocycles. The fourth-order valence-electron chi connectivity index (χ4n) is 2.34. The maximum absolute atomic E-state index is 6.25. The molecule has 116 valence electrons. The Labute approximate surface area is 140 Å². The molecule has 0 fully saturated rings. The molecule has 23 heavy (non-hydrogen) atoms. The summed E-state index contributed by atoms with van der Waals surface area (Å²) in [6.07, 6.45) is 1.53. The highest BCUT2D eigenvalue weighted by Gasteiger charge is 2.10. The van der Waals surface area contributed by atoms with Gasteiger partial charge in [0.1, 0.15) is 17.0 Å². The monoisotopic (exact) mass is 322 g/mol. The molecule has 3 rings (SSSR count). The largest absolute Gasteiger partial charge is 0.394 e. The molecule has 0 atom stereocenters. The Balaban J connectivity index is 1.87. The average Bonchev–Trinajstić information content (AvgIpc) is 2.51. The van der Waals surface area contributed by atoms with Crippen LogP contribution in [0.4, 0.5) is 17.2 Å². The summed E-state index contributed by atoms with van der Waals surface area (Å²) in [7, 11) is 0. The Morgan fingerprint density at radius 2 is 1.65 bits per heavy atom. The molecule has 0 bridgehead atoms. The number of benzene rings is 2. The van der Waals surface area contributed by atoms with Crippen LogP contribution in [0.2, 0.25) is 0 Å². The summed E-state index contributed by atoms with van der Waals surface area (Å²) in [5.74, 6) is 0.628. The number of nitrogens with one attached hydrogen (secondary N) is 1. The summed E-state index contributed by atoms with van der Waals surface area (Å²) in [5, 5.41) is 4.04. The fourth-order valence-corrected chi connectivity index (χ4v) is 3.17. The molecule has 0 spiro atoms. The molecule has 0 saturated carbocycles. The number of nitrogen functional groups attached to an aromatic ring is 1. The third kappa shape index (κ3) is 3.81. The van der Waals surface area contributed by atoms with Gasteiger partial charge in [-0.2, -0.15) is 0 Å². The summed E-state index contributed by atoms with van der Waals surface area (Å²) in [6.45, 7) is 4.14. The number of aryl methyl sites for hydroxylation is 2. The van der Waals surface area contributed by atoms with E-state index in [9.17, 15) is 0 Å². The van der Waals surface area contributed by atoms with Crippen LogP contribution in [0, 0.1) is 13.8 Å². The van der Waals surface area contributed by atoms with Crippen molar-refractivity contribution >= 4 is 29.0 Å². The normalized spacial score (nSPS) is 10.5. The molecule has 0 aliphatic rings. The van der Waals surface area contributed by atoms with Gasteiger partial charge in [-0.3, -0.25) is 0 Å². The van der Waals surface area contributed by atoms with Crippen LogP contribution < -0.4 is 11.1 Å². The van der Waals surface area contributed by atoms with E-state index in [1.807, 2.05) is 30.3 Å². The van der Waals surface area contributed by atoms with E-state index in [4.69, 9.17) is 5.73 Å². The van der Waals surface area contributed by atoms with Gasteiger partial charge < -0.3 is 11.1 Å². The molecule has 0 saturated heterocycles. The molecule has 3 N–H and O–H groups in total. The van der Waals surface area contributed by atoms with E-state index in [0.29, 0.717) is 11.5 Å². The lowest BCUT2D eigenvalue weighted by molar-refractivity contribution is 1.06. The van der Waals surface area contributed by atoms with E-state index >= 15 is 0 Å². The van der Waals surface area contributed by atoms with Crippen molar-refractivity contribution in [1.82, 2.24) is 9.97 Å². The molecule has 1 heterocycles. The zero-order chi connectivity index (χ0) is 16.2. The maximum Gasteiger partial charge on any atom is 0.158 e. The van der Waals surface area contributed by atoms with E-state index in [0.717, 1.165) is 15.6 Å². The van der Waals surface area contributed by atoms with Crippen LogP contribution in [0.25, 0.3) is 0 Å². The average molecular weight is 322 g/mol. The number of nitrogens with zero attached hydrogens (tertiary/aromatic N) is 2. The molecule has 0 radical (unpaired) electrons. The summed E-state index contributed by atoms with van der Waals surface area (Å²) in [5.41, 5.74) is 10.2. The number of aromatic nitrogens is 2. The number of hydrogen-bond acceptors (Lipinski definition) is 5. The lowest BCUT2D eigenvalue weighted by Gasteiger charge is -2.12. The quantitative estimate of drug-likeness (QED) is 0.689. The molecular weight excluding hydrogens is 304 g/mol. The maximum atomic E-state index is 6.25. The Bertz CT molecular complexity index is 798. The van der Waals surface area contributed by atoms with Gasteiger partial charge in [0.25, 0.3) is 0 Å². The van der Waals surface area contributed by atoms with Crippen LogP contribution in [0.15, 0.2) is 64.8 Å². The number of anilines is 3. The first-order chi connectivity index (χ1) is 11.1. The highest BCUT2D eigenvalue weighted by Crippen LogP contribution is 2.33. The van der Waals surface area contributed by atoms with Crippen LogP contribution in [0.5, 0.6) is 0 Å². The van der Waals surface area contributed by atoms with Gasteiger partial charge in [0, 0.05) is 10.6 Å². The van der Waals surface area contributed by atoms with E-state index < -0.39 is 0 Å². The van der Waals surface area contributed by atoms with Crippen molar-refractivity contribution in [2.45, 2.75) is 23.8 Å². The lowest BCUT2D eigenvalue weighted by Crippen LogP contribution is -2.02. The van der Waals surface area contributed by atoms with Gasteiger partial charge in [-0.15, -0.1) is 0 Å². The minimum atomic E-state index is 0.556. The molecule has 0 unspecified atom stereocenters. The minimum Gasteiger partial charge on any atom is -0.394 e. The molecule has 3 aromatic rings. The van der Waals surface area contributed by atoms with Crippen molar-refractivity contribution < 1.29 is 0 Å². The number of rotatable bonds is 4. The first kappa shape index (κ1) is 15.4.